The fourth-order valence-electron chi connectivity index (χ4n) is 3.15. The molecule has 2 heterocycles. The first-order valence-corrected chi connectivity index (χ1v) is 10.9. The Morgan fingerprint density at radius 2 is 1.64 bits per heavy atom. The van der Waals surface area contributed by atoms with Gasteiger partial charge in [-0.05, 0) is 49.2 Å². The number of sulfonamides is 1. The lowest BCUT2D eigenvalue weighted by atomic mass is 10.2. The number of carbonyl (C=O) groups excluding carboxylic acids is 1. The van der Waals surface area contributed by atoms with Crippen LogP contribution in [0, 0.1) is 0 Å². The quantitative estimate of drug-likeness (QED) is 0.831. The van der Waals surface area contributed by atoms with E-state index in [0.29, 0.717) is 11.4 Å². The maximum atomic E-state index is 12.4. The van der Waals surface area contributed by atoms with Gasteiger partial charge in [0, 0.05) is 32.7 Å². The van der Waals surface area contributed by atoms with Gasteiger partial charge in [-0.25, -0.2) is 17.7 Å². The van der Waals surface area contributed by atoms with Crippen molar-refractivity contribution in [2.45, 2.75) is 30.6 Å². The lowest BCUT2D eigenvalue weighted by Crippen LogP contribution is -2.24. The largest absolute Gasteiger partial charge is 0.370 e. The number of benzene rings is 1. The van der Waals surface area contributed by atoms with Crippen molar-refractivity contribution < 1.29 is 13.2 Å². The first kappa shape index (κ1) is 20.3. The molecule has 150 valence electrons. The molecule has 7 nitrogen and oxygen atoms in total. The minimum absolute atomic E-state index is 0.147. The Balaban J connectivity index is 1.66. The second kappa shape index (κ2) is 8.70. The first-order chi connectivity index (χ1) is 13.4. The molecule has 1 saturated heterocycles. The van der Waals surface area contributed by atoms with Gasteiger partial charge in [0.15, 0.2) is 0 Å². The minimum atomic E-state index is -3.51. The van der Waals surface area contributed by atoms with Crippen LogP contribution >= 0.6 is 0 Å². The van der Waals surface area contributed by atoms with E-state index in [1.54, 1.807) is 12.3 Å². The molecular formula is C20H26N4O3S. The fraction of sp³-hybridized carbons (Fsp3) is 0.400. The number of anilines is 2. The molecule has 1 aliphatic rings. The number of rotatable bonds is 5. The minimum Gasteiger partial charge on any atom is -0.370 e. The maximum absolute atomic E-state index is 12.4. The van der Waals surface area contributed by atoms with E-state index in [9.17, 15) is 13.2 Å². The maximum Gasteiger partial charge on any atom is 0.256 e. The Morgan fingerprint density at radius 1 is 1.00 bits per heavy atom. The van der Waals surface area contributed by atoms with Gasteiger partial charge < -0.3 is 10.2 Å². The molecule has 0 saturated carbocycles. The van der Waals surface area contributed by atoms with Gasteiger partial charge in [-0.15, -0.1) is 0 Å². The van der Waals surface area contributed by atoms with Crippen LogP contribution in [0.2, 0.25) is 0 Å². The van der Waals surface area contributed by atoms with E-state index < -0.39 is 10.0 Å². The molecule has 0 spiro atoms. The van der Waals surface area contributed by atoms with Gasteiger partial charge in [0.2, 0.25) is 10.0 Å². The Hall–Kier alpha value is -2.45. The van der Waals surface area contributed by atoms with E-state index in [4.69, 9.17) is 0 Å². The van der Waals surface area contributed by atoms with Crippen molar-refractivity contribution >= 4 is 27.4 Å². The third-order valence-electron chi connectivity index (χ3n) is 4.86. The predicted octanol–water partition coefficient (Wildman–Crippen LogP) is 2.96. The number of nitrogens with zero attached hydrogens (tertiary/aromatic N) is 3. The molecule has 1 fully saturated rings. The van der Waals surface area contributed by atoms with E-state index in [-0.39, 0.29) is 10.8 Å². The van der Waals surface area contributed by atoms with Gasteiger partial charge in [-0.1, -0.05) is 12.8 Å². The lowest BCUT2D eigenvalue weighted by Gasteiger charge is -2.22. The Labute approximate surface area is 166 Å². The Kier molecular flexibility index (Phi) is 6.31. The van der Waals surface area contributed by atoms with Crippen molar-refractivity contribution in [3.05, 3.63) is 48.2 Å². The highest BCUT2D eigenvalue weighted by Gasteiger charge is 2.18. The molecule has 0 radical (unpaired) electrons. The summed E-state index contributed by atoms with van der Waals surface area (Å²) in [5.41, 5.74) is 1.44. The summed E-state index contributed by atoms with van der Waals surface area (Å²) in [6.45, 7) is 2.07. The smallest absolute Gasteiger partial charge is 0.256 e. The van der Waals surface area contributed by atoms with Gasteiger partial charge in [-0.2, -0.15) is 0 Å². The van der Waals surface area contributed by atoms with Gasteiger partial charge in [0.25, 0.3) is 5.91 Å². The molecule has 8 heteroatoms. The molecular weight excluding hydrogens is 376 g/mol. The van der Waals surface area contributed by atoms with Crippen LogP contribution in [0.4, 0.5) is 11.5 Å². The summed E-state index contributed by atoms with van der Waals surface area (Å²) in [5.74, 6) is 0.136. The van der Waals surface area contributed by atoms with Gasteiger partial charge in [0.05, 0.1) is 16.8 Å². The molecule has 1 aromatic heterocycles. The normalized spacial score (nSPS) is 15.3. The SMILES string of the molecule is CN(C)S(=O)(=O)c1ccc(C(=O)Nc2ccc(N3CCCCCC3)cn2)cc1. The fourth-order valence-corrected chi connectivity index (χ4v) is 4.06. The van der Waals surface area contributed by atoms with E-state index >= 15 is 0 Å². The molecule has 3 rings (SSSR count). The van der Waals surface area contributed by atoms with Crippen LogP contribution in [0.1, 0.15) is 36.0 Å². The number of aromatic nitrogens is 1. The van der Waals surface area contributed by atoms with Crippen molar-refractivity contribution in [2.24, 2.45) is 0 Å². The van der Waals surface area contributed by atoms with E-state index in [1.807, 2.05) is 6.07 Å². The molecule has 2 aromatic rings. The van der Waals surface area contributed by atoms with Crippen molar-refractivity contribution in [3.63, 3.8) is 0 Å². The van der Waals surface area contributed by atoms with Crippen molar-refractivity contribution in [1.82, 2.24) is 9.29 Å². The number of hydrogen-bond acceptors (Lipinski definition) is 5. The summed E-state index contributed by atoms with van der Waals surface area (Å²) in [6.07, 6.45) is 6.71. The average Bonchev–Trinajstić information content (AvgIpc) is 2.98. The number of nitrogens with one attached hydrogen (secondary N) is 1. The zero-order valence-corrected chi connectivity index (χ0v) is 17.1. The van der Waals surface area contributed by atoms with E-state index in [0.717, 1.165) is 23.1 Å². The summed E-state index contributed by atoms with van der Waals surface area (Å²) in [6, 6.07) is 9.62. The highest BCUT2D eigenvalue weighted by molar-refractivity contribution is 7.89. The Morgan fingerprint density at radius 3 is 2.18 bits per heavy atom. The summed E-state index contributed by atoms with van der Waals surface area (Å²) < 4.78 is 25.3. The monoisotopic (exact) mass is 402 g/mol. The van der Waals surface area contributed by atoms with Gasteiger partial charge in [0.1, 0.15) is 5.82 Å². The van der Waals surface area contributed by atoms with Crippen molar-refractivity contribution in [3.8, 4) is 0 Å². The van der Waals surface area contributed by atoms with Crippen LogP contribution in [-0.2, 0) is 10.0 Å². The number of amides is 1. The highest BCUT2D eigenvalue weighted by Crippen LogP contribution is 2.20. The molecule has 0 unspecified atom stereocenters. The molecule has 0 bridgehead atoms. The average molecular weight is 403 g/mol. The molecule has 1 aliphatic heterocycles. The van der Waals surface area contributed by atoms with Gasteiger partial charge in [-0.3, -0.25) is 4.79 Å². The predicted molar refractivity (Wildman–Crippen MR) is 110 cm³/mol. The molecule has 0 atom stereocenters. The second-order valence-electron chi connectivity index (χ2n) is 7.07. The summed E-state index contributed by atoms with van der Waals surface area (Å²) >= 11 is 0. The molecule has 1 aromatic carbocycles. The number of hydrogen-bond donors (Lipinski definition) is 1. The van der Waals surface area contributed by atoms with Crippen molar-refractivity contribution in [2.75, 3.05) is 37.4 Å². The topological polar surface area (TPSA) is 82.6 Å². The van der Waals surface area contributed by atoms with Crippen LogP contribution < -0.4 is 10.2 Å². The second-order valence-corrected chi connectivity index (χ2v) is 9.22. The third kappa shape index (κ3) is 4.69. The highest BCUT2D eigenvalue weighted by atomic mass is 32.2. The molecule has 0 aliphatic carbocycles. The zero-order valence-electron chi connectivity index (χ0n) is 16.3. The summed E-state index contributed by atoms with van der Waals surface area (Å²) in [5, 5.41) is 2.75. The molecule has 1 N–H and O–H groups in total. The van der Waals surface area contributed by atoms with E-state index in [1.165, 1.54) is 64.0 Å². The van der Waals surface area contributed by atoms with Crippen LogP contribution in [-0.4, -0.2) is 50.8 Å². The van der Waals surface area contributed by atoms with Crippen LogP contribution in [0.3, 0.4) is 0 Å². The van der Waals surface area contributed by atoms with Crippen LogP contribution in [0.25, 0.3) is 0 Å². The number of pyridine rings is 1. The van der Waals surface area contributed by atoms with E-state index in [2.05, 4.69) is 15.2 Å². The summed E-state index contributed by atoms with van der Waals surface area (Å²) in [7, 11) is -0.573. The van der Waals surface area contributed by atoms with Crippen molar-refractivity contribution in [1.29, 1.82) is 0 Å². The Bertz CT molecular complexity index is 901. The first-order valence-electron chi connectivity index (χ1n) is 9.43. The lowest BCUT2D eigenvalue weighted by molar-refractivity contribution is 0.102. The zero-order chi connectivity index (χ0) is 20.1. The molecule has 28 heavy (non-hydrogen) atoms. The standard InChI is InChI=1S/C20H26N4O3S/c1-23(2)28(26,27)18-10-7-16(8-11-18)20(25)22-19-12-9-17(15-21-19)24-13-5-3-4-6-14-24/h7-12,15H,3-6,13-14H2,1-2H3,(H,21,22,25). The molecule has 1 amide bonds. The number of carbonyl (C=O) groups is 1. The third-order valence-corrected chi connectivity index (χ3v) is 6.69. The van der Waals surface area contributed by atoms with Gasteiger partial charge >= 0.3 is 0 Å². The van der Waals surface area contributed by atoms with Crippen LogP contribution in [0.15, 0.2) is 47.5 Å². The summed E-state index contributed by atoms with van der Waals surface area (Å²) in [4.78, 5) is 19.2. The van der Waals surface area contributed by atoms with Crippen LogP contribution in [0.5, 0.6) is 0 Å².